The van der Waals surface area contributed by atoms with Crippen LogP contribution in [0.2, 0.25) is 0 Å². The number of rotatable bonds is 19. The van der Waals surface area contributed by atoms with Crippen LogP contribution in [0.25, 0.3) is 0 Å². The van der Waals surface area contributed by atoms with Gasteiger partial charge in [-0.3, -0.25) is 8.78 Å². The van der Waals surface area contributed by atoms with Gasteiger partial charge in [0.15, 0.2) is 5.41 Å². The molecule has 0 rings (SSSR count). The highest BCUT2D eigenvalue weighted by Crippen LogP contribution is 2.52. The molecule has 0 aliphatic carbocycles. The maximum absolute atomic E-state index is 12.3. The average Bonchev–Trinajstić information content (AvgIpc) is 0.782. The first kappa shape index (κ1) is 108. The number of hydrogen-bond acceptors (Lipinski definition) is 0. The zero-order valence-corrected chi connectivity index (χ0v) is 64.8. The van der Waals surface area contributed by atoms with Crippen molar-refractivity contribution in [2.24, 2.45) is 68.5 Å². The Morgan fingerprint density at radius 2 is 0.656 bits per heavy atom. The molecule has 0 radical (unpaired) electrons. The van der Waals surface area contributed by atoms with Crippen molar-refractivity contribution in [3.8, 4) is 0 Å². The molecule has 0 aromatic heterocycles. The highest BCUT2D eigenvalue weighted by atomic mass is 19.4. The Balaban J connectivity index is -0.0000000817. The van der Waals surface area contributed by atoms with E-state index in [0.717, 1.165) is 52.4 Å². The van der Waals surface area contributed by atoms with Crippen molar-refractivity contribution in [2.75, 3.05) is 13.3 Å². The summed E-state index contributed by atoms with van der Waals surface area (Å²) in [7, 11) is 0. The molecule has 0 amide bonds. The zero-order chi connectivity index (χ0) is 81.8. The van der Waals surface area contributed by atoms with E-state index in [0.29, 0.717) is 23.7 Å². The Kier molecular flexibility index (Phi) is 71.2. The van der Waals surface area contributed by atoms with Gasteiger partial charge in [-0.2, -0.15) is 65.9 Å². The molecular formula is C72H147F21. The van der Waals surface area contributed by atoms with Gasteiger partial charge in [-0.1, -0.05) is 279 Å². The van der Waals surface area contributed by atoms with E-state index in [4.69, 9.17) is 5.48 Å². The van der Waals surface area contributed by atoms with E-state index in [9.17, 15) is 92.2 Å². The molecule has 0 saturated heterocycles. The minimum atomic E-state index is -5.24. The maximum Gasteiger partial charge on any atom is 0.402 e. The summed E-state index contributed by atoms with van der Waals surface area (Å²) in [5.74, 6) is -4.65. The molecule has 0 aliphatic rings. The molecule has 21 heteroatoms. The summed E-state index contributed by atoms with van der Waals surface area (Å²) in [6.45, 7) is 57.6. The molecule has 0 aliphatic heterocycles. The molecule has 5 unspecified atom stereocenters. The van der Waals surface area contributed by atoms with Crippen molar-refractivity contribution in [1.29, 1.82) is 0 Å². The quantitative estimate of drug-likeness (QED) is 0.113. The Morgan fingerprint density at radius 1 is 0.355 bits per heavy atom. The van der Waals surface area contributed by atoms with Crippen LogP contribution in [0.3, 0.4) is 0 Å². The first-order valence-electron chi connectivity index (χ1n) is 35.5. The van der Waals surface area contributed by atoms with Crippen molar-refractivity contribution < 1.29 is 97.7 Å². The second kappa shape index (κ2) is 61.6. The number of halogens is 21. The molecule has 0 saturated carbocycles. The Hall–Kier alpha value is -1.47. The molecule has 582 valence electrons. The monoisotopic (exact) mass is 1420 g/mol. The summed E-state index contributed by atoms with van der Waals surface area (Å²) in [6.07, 6.45) is -16.8. The van der Waals surface area contributed by atoms with Gasteiger partial charge < -0.3 is 0 Å². The van der Waals surface area contributed by atoms with Crippen LogP contribution in [0.4, 0.5) is 92.2 Å². The molecule has 0 spiro atoms. The van der Waals surface area contributed by atoms with Crippen LogP contribution >= 0.6 is 0 Å². The Labute approximate surface area is 565 Å². The topological polar surface area (TPSA) is 0 Å². The largest absolute Gasteiger partial charge is 0.402 e. The van der Waals surface area contributed by atoms with Crippen LogP contribution in [0, 0.1) is 68.5 Å². The van der Waals surface area contributed by atoms with Crippen molar-refractivity contribution in [2.45, 2.75) is 387 Å². The SMILES string of the molecule is CCC(C)(C(F)(F)F)C(F)(F)F.CCC(C)(C)C.CCC(C)(C)C(F)(F)F.CCC(C)C(F)F.CCC(F)(F)C(C)C.CCCC(C)(C)C.CCCC(C)C.CCCC(C)C(F)(F)F.CCCC(C)CF.CCCC(C)CF.[2H]C([2H])(C)C(C)(C)C.[2H]C([2H])(C)CC(C)C(F)(F)F. The number of alkyl halides is 21. The van der Waals surface area contributed by atoms with E-state index in [1.165, 1.54) is 80.6 Å². The van der Waals surface area contributed by atoms with Crippen LogP contribution in [-0.4, -0.2) is 56.6 Å². The van der Waals surface area contributed by atoms with Gasteiger partial charge in [-0.15, -0.1) is 0 Å². The molecule has 0 nitrogen and oxygen atoms in total. The second-order valence-electron chi connectivity index (χ2n) is 28.6. The highest BCUT2D eigenvalue weighted by Gasteiger charge is 2.66. The summed E-state index contributed by atoms with van der Waals surface area (Å²) in [6, 6.07) is 0. The molecule has 0 N–H and O–H groups in total. The summed E-state index contributed by atoms with van der Waals surface area (Å²) < 4.78 is 276. The molecule has 0 fully saturated rings. The lowest BCUT2D eigenvalue weighted by molar-refractivity contribution is -0.335. The fourth-order valence-electron chi connectivity index (χ4n) is 4.83. The summed E-state index contributed by atoms with van der Waals surface area (Å²) >= 11 is 0. The third-order valence-electron chi connectivity index (χ3n) is 14.1. The van der Waals surface area contributed by atoms with E-state index in [2.05, 4.69) is 90.0 Å². The van der Waals surface area contributed by atoms with Gasteiger partial charge in [0.25, 0.3) is 0 Å². The minimum Gasteiger partial charge on any atom is -0.251 e. The van der Waals surface area contributed by atoms with Gasteiger partial charge in [0.1, 0.15) is 0 Å². The fourth-order valence-corrected chi connectivity index (χ4v) is 4.83. The Bertz CT molecular complexity index is 1600. The third-order valence-corrected chi connectivity index (χ3v) is 14.1. The molecule has 0 aromatic rings. The predicted molar refractivity (Wildman–Crippen MR) is 360 cm³/mol. The summed E-state index contributed by atoms with van der Waals surface area (Å²) in [4.78, 5) is 0. The van der Waals surface area contributed by atoms with Gasteiger partial charge >= 0.3 is 30.9 Å². The maximum atomic E-state index is 12.3. The third kappa shape index (κ3) is 92.6. The first-order valence-corrected chi connectivity index (χ1v) is 33.5. The molecule has 0 heterocycles. The summed E-state index contributed by atoms with van der Waals surface area (Å²) in [5.41, 5.74) is -4.24. The standard InChI is InChI=1S/C7H16.C6H8F6.3C6H11F3.C6H12F2.2C6H13F.3C6H14.C5H10F2/c1-5-6-7(2,3)4;1-3-4(2,5(7,8)9)6(10,11)12;1-4-5(2,3)6(7,8)9;2*1-3-4-5(2)6(7,8)9;1-4-6(7,8)5(2)3;2*1-3-4-6(2)5-7;2*1-5-6(2,3)4;1-4-5-6(2)3;1-3-4(2)5(6)7/h5-6H2,1-4H3;3H2,1-2H3;4H2,1-3H3;2*5H,3-4H2,1-2H3;5H,4H2,1-3H3;2*6H,3-5H2,1-2H3;2*5H2,1-4H3;6H,4-5H2,1-3H3;4-5H,3H2,1-2H3/i;;;3D2;;;;;5D2;;;. The lowest BCUT2D eigenvalue weighted by Gasteiger charge is -2.32. The number of hydrogen-bond donors (Lipinski definition) is 0. The van der Waals surface area contributed by atoms with Crippen LogP contribution in [0.15, 0.2) is 0 Å². The van der Waals surface area contributed by atoms with Crippen molar-refractivity contribution >= 4 is 0 Å². The van der Waals surface area contributed by atoms with Crippen LogP contribution in [-0.2, 0) is 0 Å². The lowest BCUT2D eigenvalue weighted by atomic mass is 9.86. The predicted octanol–water partition coefficient (Wildman–Crippen LogP) is 32.4. The zero-order valence-electron chi connectivity index (χ0n) is 68.8. The van der Waals surface area contributed by atoms with E-state index < -0.39 is 103 Å². The molecule has 93 heavy (non-hydrogen) atoms. The lowest BCUT2D eigenvalue weighted by Crippen LogP contribution is -2.47. The van der Waals surface area contributed by atoms with Crippen LogP contribution < -0.4 is 0 Å². The highest BCUT2D eigenvalue weighted by molar-refractivity contribution is 4.87. The first-order chi connectivity index (χ1) is 42.4. The van der Waals surface area contributed by atoms with Crippen LogP contribution in [0.1, 0.15) is 349 Å². The van der Waals surface area contributed by atoms with E-state index in [1.807, 2.05) is 34.6 Å². The smallest absolute Gasteiger partial charge is 0.251 e. The Morgan fingerprint density at radius 3 is 0.688 bits per heavy atom. The van der Waals surface area contributed by atoms with Gasteiger partial charge in [-0.25, -0.2) is 17.6 Å². The van der Waals surface area contributed by atoms with E-state index in [-0.39, 0.29) is 56.8 Å². The van der Waals surface area contributed by atoms with Crippen LogP contribution in [0.5, 0.6) is 0 Å². The summed E-state index contributed by atoms with van der Waals surface area (Å²) in [5, 5.41) is 0. The van der Waals surface area contributed by atoms with Gasteiger partial charge in [0.2, 0.25) is 12.3 Å². The van der Waals surface area contributed by atoms with E-state index >= 15 is 0 Å². The fraction of sp³-hybridized carbons (Fsp3) is 1.00. The second-order valence-corrected chi connectivity index (χ2v) is 28.6. The van der Waals surface area contributed by atoms with Crippen molar-refractivity contribution in [3.63, 3.8) is 0 Å². The van der Waals surface area contributed by atoms with E-state index in [1.54, 1.807) is 27.7 Å². The molecule has 5 atom stereocenters. The van der Waals surface area contributed by atoms with Gasteiger partial charge in [0.05, 0.1) is 30.6 Å². The average molecular weight is 1420 g/mol. The molecular weight excluding hydrogens is 1260 g/mol. The van der Waals surface area contributed by atoms with Gasteiger partial charge in [-0.05, 0) is 92.3 Å². The normalized spacial score (nSPS) is 14.7. The molecule has 0 aromatic carbocycles. The minimum absolute atomic E-state index is 0.0509. The van der Waals surface area contributed by atoms with Crippen molar-refractivity contribution in [1.82, 2.24) is 0 Å². The molecule has 0 bridgehead atoms. The van der Waals surface area contributed by atoms with Gasteiger partial charge in [0, 0.05) is 23.7 Å². The van der Waals surface area contributed by atoms with Crippen molar-refractivity contribution in [3.05, 3.63) is 0 Å².